The molecule has 2 N–H and O–H groups in total. The van der Waals surface area contributed by atoms with Crippen molar-refractivity contribution in [3.05, 3.63) is 42.0 Å². The summed E-state index contributed by atoms with van der Waals surface area (Å²) in [5, 5.41) is 14.3. The van der Waals surface area contributed by atoms with E-state index in [9.17, 15) is 5.11 Å². The van der Waals surface area contributed by atoms with Crippen molar-refractivity contribution in [2.24, 2.45) is 17.3 Å². The van der Waals surface area contributed by atoms with Crippen molar-refractivity contribution in [1.82, 2.24) is 4.90 Å². The molecule has 3 heterocycles. The van der Waals surface area contributed by atoms with Crippen LogP contribution in [0, 0.1) is 17.3 Å². The Balaban J connectivity index is 1.72. The zero-order valence-corrected chi connectivity index (χ0v) is 13.6. The maximum Gasteiger partial charge on any atom is 0.0571 e. The Morgan fingerprint density at radius 3 is 3.09 bits per heavy atom. The minimum atomic E-state index is 0.0273. The first-order valence-electron chi connectivity index (χ1n) is 9.11. The van der Waals surface area contributed by atoms with Crippen LogP contribution in [-0.2, 0) is 5.41 Å². The number of aliphatic hydroxyl groups excluding tert-OH is 1. The zero-order valence-electron chi connectivity index (χ0n) is 13.6. The molecule has 1 aromatic rings. The first kappa shape index (κ1) is 13.0. The highest BCUT2D eigenvalue weighted by atomic mass is 16.3. The maximum atomic E-state index is 10.3. The summed E-state index contributed by atoms with van der Waals surface area (Å²) < 4.78 is 0. The highest BCUT2D eigenvalue weighted by Gasteiger charge is 2.84. The summed E-state index contributed by atoms with van der Waals surface area (Å²) in [5.74, 6) is 0.910. The van der Waals surface area contributed by atoms with E-state index in [-0.39, 0.29) is 16.4 Å². The van der Waals surface area contributed by atoms with Gasteiger partial charge in [-0.3, -0.25) is 4.90 Å². The van der Waals surface area contributed by atoms with E-state index in [1.165, 1.54) is 24.2 Å². The van der Waals surface area contributed by atoms with Gasteiger partial charge >= 0.3 is 0 Å². The molecule has 3 heteroatoms. The molecule has 6 rings (SSSR count). The molecular formula is C20H24N2O. The second kappa shape index (κ2) is 3.68. The van der Waals surface area contributed by atoms with Crippen molar-refractivity contribution < 1.29 is 5.11 Å². The fourth-order valence-corrected chi connectivity index (χ4v) is 7.92. The number of benzene rings is 1. The fourth-order valence-electron chi connectivity index (χ4n) is 7.92. The fraction of sp³-hybridized carbons (Fsp3) is 0.600. The Labute approximate surface area is 137 Å². The molecule has 3 nitrogen and oxygen atoms in total. The van der Waals surface area contributed by atoms with E-state index in [1.807, 2.05) is 0 Å². The third-order valence-corrected chi connectivity index (χ3v) is 8.34. The van der Waals surface area contributed by atoms with Gasteiger partial charge in [-0.1, -0.05) is 37.3 Å². The van der Waals surface area contributed by atoms with Gasteiger partial charge in [0.2, 0.25) is 0 Å². The molecule has 23 heavy (non-hydrogen) atoms. The number of anilines is 1. The van der Waals surface area contributed by atoms with E-state index in [2.05, 4.69) is 53.6 Å². The lowest BCUT2D eigenvalue weighted by atomic mass is 9.57. The predicted molar refractivity (Wildman–Crippen MR) is 90.4 cm³/mol. The first-order valence-corrected chi connectivity index (χ1v) is 9.11. The van der Waals surface area contributed by atoms with Crippen molar-refractivity contribution in [3.8, 4) is 0 Å². The van der Waals surface area contributed by atoms with Crippen LogP contribution in [-0.4, -0.2) is 41.3 Å². The number of fused-ring (bicyclic) bond motifs is 1. The number of hydrogen-bond acceptors (Lipinski definition) is 3. The molecule has 2 saturated carbocycles. The molecule has 3 fully saturated rings. The lowest BCUT2D eigenvalue weighted by molar-refractivity contribution is 0.0536. The van der Waals surface area contributed by atoms with E-state index in [0.29, 0.717) is 24.5 Å². The van der Waals surface area contributed by atoms with Crippen molar-refractivity contribution in [2.75, 3.05) is 25.0 Å². The molecule has 1 saturated heterocycles. The Morgan fingerprint density at radius 2 is 2.22 bits per heavy atom. The molecule has 0 aromatic heterocycles. The van der Waals surface area contributed by atoms with Crippen LogP contribution >= 0.6 is 0 Å². The third-order valence-electron chi connectivity index (χ3n) is 8.34. The summed E-state index contributed by atoms with van der Waals surface area (Å²) in [5.41, 5.74) is 3.29. The molecule has 1 aromatic carbocycles. The molecule has 120 valence electrons. The van der Waals surface area contributed by atoms with Crippen molar-refractivity contribution >= 4 is 5.69 Å². The number of nitrogens with zero attached hydrogens (tertiary/aromatic N) is 1. The molecule has 5 aliphatic rings. The van der Waals surface area contributed by atoms with Gasteiger partial charge in [0, 0.05) is 41.6 Å². The summed E-state index contributed by atoms with van der Waals surface area (Å²) in [4.78, 5) is 2.73. The largest absolute Gasteiger partial charge is 0.396 e. The average molecular weight is 308 g/mol. The van der Waals surface area contributed by atoms with Gasteiger partial charge in [0.25, 0.3) is 0 Å². The van der Waals surface area contributed by atoms with Crippen LogP contribution in [0.25, 0.3) is 0 Å². The molecule has 6 atom stereocenters. The summed E-state index contributed by atoms with van der Waals surface area (Å²) in [6, 6.07) is 9.56. The van der Waals surface area contributed by atoms with Gasteiger partial charge in [-0.05, 0) is 36.9 Å². The molecule has 0 unspecified atom stereocenters. The smallest absolute Gasteiger partial charge is 0.0571 e. The maximum absolute atomic E-state index is 10.3. The standard InChI is InChI=1S/C20H24N2O/c1-13-18-7-4-9-22-10-8-19(17(18)22)15-5-2-3-6-16(15)21-20(13,19)14(11-18)12-23/h2-7,13-14,17,21,23H,8-12H2,1H3/t13-,14-,17+,18+,19-,20-/m1/s1. The molecule has 3 spiro atoms. The number of rotatable bonds is 1. The molecule has 3 aliphatic heterocycles. The van der Waals surface area contributed by atoms with Crippen LogP contribution < -0.4 is 5.32 Å². The van der Waals surface area contributed by atoms with E-state index in [1.54, 1.807) is 0 Å². The lowest BCUT2D eigenvalue weighted by Crippen LogP contribution is -2.62. The zero-order chi connectivity index (χ0) is 15.4. The van der Waals surface area contributed by atoms with Gasteiger partial charge < -0.3 is 10.4 Å². The van der Waals surface area contributed by atoms with Crippen molar-refractivity contribution in [1.29, 1.82) is 0 Å². The summed E-state index contributed by atoms with van der Waals surface area (Å²) in [7, 11) is 0. The van der Waals surface area contributed by atoms with Crippen molar-refractivity contribution in [3.63, 3.8) is 0 Å². The van der Waals surface area contributed by atoms with Gasteiger partial charge in [-0.25, -0.2) is 0 Å². The summed E-state index contributed by atoms with van der Waals surface area (Å²) in [6.45, 7) is 5.04. The quantitative estimate of drug-likeness (QED) is 0.782. The second-order valence-corrected chi connectivity index (χ2v) is 8.48. The molecule has 0 amide bonds. The SMILES string of the molecule is C[C@@H]1[C@]23C=CCN4CC[C@@]5(c6ccccc6N[C@@]15[C@@H](CO)C2)[C@@H]43. The van der Waals surface area contributed by atoms with Gasteiger partial charge in [0.1, 0.15) is 0 Å². The predicted octanol–water partition coefficient (Wildman–Crippen LogP) is 2.38. The van der Waals surface area contributed by atoms with Gasteiger partial charge in [0.15, 0.2) is 0 Å². The Bertz CT molecular complexity index is 745. The van der Waals surface area contributed by atoms with E-state index in [0.717, 1.165) is 13.0 Å². The van der Waals surface area contributed by atoms with Crippen molar-refractivity contribution in [2.45, 2.75) is 36.8 Å². The van der Waals surface area contributed by atoms with Gasteiger partial charge in [-0.15, -0.1) is 0 Å². The Hall–Kier alpha value is -1.32. The normalized spacial score (nSPS) is 51.5. The minimum Gasteiger partial charge on any atom is -0.396 e. The van der Waals surface area contributed by atoms with E-state index in [4.69, 9.17) is 0 Å². The second-order valence-electron chi connectivity index (χ2n) is 8.48. The van der Waals surface area contributed by atoms with E-state index < -0.39 is 0 Å². The molecule has 2 aliphatic carbocycles. The highest BCUT2D eigenvalue weighted by Crippen LogP contribution is 2.78. The number of aliphatic hydroxyl groups is 1. The summed E-state index contributed by atoms with van der Waals surface area (Å²) in [6.07, 6.45) is 7.29. The van der Waals surface area contributed by atoms with Gasteiger partial charge in [0.05, 0.1) is 5.54 Å². The molecular weight excluding hydrogens is 284 g/mol. The van der Waals surface area contributed by atoms with Crippen LogP contribution in [0.15, 0.2) is 36.4 Å². The summed E-state index contributed by atoms with van der Waals surface area (Å²) >= 11 is 0. The van der Waals surface area contributed by atoms with E-state index >= 15 is 0 Å². The number of nitrogens with one attached hydrogen (secondary N) is 1. The van der Waals surface area contributed by atoms with Crippen LogP contribution in [0.4, 0.5) is 5.69 Å². The first-order chi connectivity index (χ1) is 11.2. The number of para-hydroxylation sites is 1. The van der Waals surface area contributed by atoms with Crippen LogP contribution in [0.5, 0.6) is 0 Å². The topological polar surface area (TPSA) is 35.5 Å². The van der Waals surface area contributed by atoms with Crippen LogP contribution in [0.2, 0.25) is 0 Å². The third kappa shape index (κ3) is 1.03. The highest BCUT2D eigenvalue weighted by molar-refractivity contribution is 5.71. The minimum absolute atomic E-state index is 0.0273. The average Bonchev–Trinajstić information content (AvgIpc) is 3.23. The number of hydrogen-bond donors (Lipinski definition) is 2. The Kier molecular flexibility index (Phi) is 2.08. The monoisotopic (exact) mass is 308 g/mol. The molecule has 0 radical (unpaired) electrons. The Morgan fingerprint density at radius 1 is 1.35 bits per heavy atom. The van der Waals surface area contributed by atoms with Crippen LogP contribution in [0.3, 0.4) is 0 Å². The van der Waals surface area contributed by atoms with Crippen LogP contribution in [0.1, 0.15) is 25.3 Å². The van der Waals surface area contributed by atoms with Gasteiger partial charge in [-0.2, -0.15) is 0 Å². The molecule has 2 bridgehead atoms. The lowest BCUT2D eigenvalue weighted by Gasteiger charge is -2.51.